The zero-order chi connectivity index (χ0) is 22.9. The van der Waals surface area contributed by atoms with Crippen LogP contribution in [0.25, 0.3) is 0 Å². The van der Waals surface area contributed by atoms with E-state index in [0.717, 1.165) is 0 Å². The molecule has 1 aliphatic carbocycles. The molecule has 1 fully saturated rings. The summed E-state index contributed by atoms with van der Waals surface area (Å²) < 4.78 is 27.3. The zero-order valence-corrected chi connectivity index (χ0v) is 17.3. The molecule has 4 rings (SSSR count). The van der Waals surface area contributed by atoms with E-state index >= 15 is 0 Å². The molecule has 32 heavy (non-hydrogen) atoms. The SMILES string of the molecule is O=C(O)C1(c2ccc([N+](=O)[O-])cc2)CCC1c1ccc(S(=O)(=O)NCc2nn[nH]n2)cc1. The second-order valence-electron chi connectivity index (χ2n) is 7.39. The van der Waals surface area contributed by atoms with Crippen molar-refractivity contribution in [3.8, 4) is 0 Å². The summed E-state index contributed by atoms with van der Waals surface area (Å²) >= 11 is 0. The normalized spacial score (nSPS) is 20.4. The average molecular weight is 458 g/mol. The van der Waals surface area contributed by atoms with Crippen molar-refractivity contribution in [2.45, 2.75) is 35.6 Å². The summed E-state index contributed by atoms with van der Waals surface area (Å²) in [4.78, 5) is 22.7. The van der Waals surface area contributed by atoms with Crippen molar-refractivity contribution in [3.63, 3.8) is 0 Å². The van der Waals surface area contributed by atoms with Crippen LogP contribution in [-0.4, -0.2) is 45.0 Å². The number of hydrogen-bond donors (Lipinski definition) is 3. The lowest BCUT2D eigenvalue weighted by Crippen LogP contribution is -2.49. The number of aliphatic carboxylic acids is 1. The average Bonchev–Trinajstić information content (AvgIpc) is 3.26. The van der Waals surface area contributed by atoms with Gasteiger partial charge in [0.1, 0.15) is 0 Å². The van der Waals surface area contributed by atoms with Crippen LogP contribution in [0.3, 0.4) is 0 Å². The summed E-state index contributed by atoms with van der Waals surface area (Å²) in [6, 6.07) is 11.5. The third kappa shape index (κ3) is 3.71. The Morgan fingerprint density at radius 2 is 1.91 bits per heavy atom. The van der Waals surface area contributed by atoms with Gasteiger partial charge in [-0.2, -0.15) is 5.21 Å². The predicted octanol–water partition coefficient (Wildman–Crippen LogP) is 1.49. The van der Waals surface area contributed by atoms with E-state index < -0.39 is 32.2 Å². The van der Waals surface area contributed by atoms with Gasteiger partial charge in [0.2, 0.25) is 10.0 Å². The number of carboxylic acid groups (broad SMARTS) is 1. The molecule has 0 saturated heterocycles. The van der Waals surface area contributed by atoms with Gasteiger partial charge in [0, 0.05) is 18.1 Å². The molecule has 12 nitrogen and oxygen atoms in total. The van der Waals surface area contributed by atoms with Gasteiger partial charge in [-0.25, -0.2) is 13.1 Å². The Bertz CT molecular complexity index is 1240. The number of nitrogens with one attached hydrogen (secondary N) is 2. The van der Waals surface area contributed by atoms with Crippen molar-refractivity contribution < 1.29 is 23.2 Å². The maximum atomic E-state index is 12.5. The highest BCUT2D eigenvalue weighted by molar-refractivity contribution is 7.89. The number of tetrazole rings is 1. The maximum absolute atomic E-state index is 12.5. The minimum atomic E-state index is -3.83. The van der Waals surface area contributed by atoms with Gasteiger partial charge in [-0.15, -0.1) is 10.2 Å². The van der Waals surface area contributed by atoms with Crippen LogP contribution in [0.15, 0.2) is 53.4 Å². The molecular weight excluding hydrogens is 440 g/mol. The van der Waals surface area contributed by atoms with Crippen molar-refractivity contribution in [3.05, 3.63) is 75.6 Å². The second-order valence-corrected chi connectivity index (χ2v) is 9.16. The summed E-state index contributed by atoms with van der Waals surface area (Å²) in [7, 11) is -3.83. The number of nitro benzene ring substituents is 1. The van der Waals surface area contributed by atoms with E-state index in [2.05, 4.69) is 25.3 Å². The monoisotopic (exact) mass is 458 g/mol. The number of H-pyrrole nitrogens is 1. The minimum Gasteiger partial charge on any atom is -0.481 e. The van der Waals surface area contributed by atoms with Crippen molar-refractivity contribution in [1.29, 1.82) is 0 Å². The number of non-ortho nitro benzene ring substituents is 1. The molecule has 0 aliphatic heterocycles. The molecule has 1 heterocycles. The number of sulfonamides is 1. The Kier molecular flexibility index (Phi) is 5.44. The van der Waals surface area contributed by atoms with Gasteiger partial charge in [-0.1, -0.05) is 29.5 Å². The summed E-state index contributed by atoms with van der Waals surface area (Å²) in [6.07, 6.45) is 0.961. The van der Waals surface area contributed by atoms with Crippen LogP contribution < -0.4 is 4.72 Å². The maximum Gasteiger partial charge on any atom is 0.314 e. The van der Waals surface area contributed by atoms with E-state index in [1.54, 1.807) is 12.1 Å². The molecule has 1 aromatic heterocycles. The third-order valence-electron chi connectivity index (χ3n) is 5.80. The number of rotatable bonds is 8. The van der Waals surface area contributed by atoms with E-state index in [1.165, 1.54) is 36.4 Å². The zero-order valence-electron chi connectivity index (χ0n) is 16.5. The quantitative estimate of drug-likeness (QED) is 0.333. The number of hydrogen-bond acceptors (Lipinski definition) is 8. The van der Waals surface area contributed by atoms with Gasteiger partial charge < -0.3 is 5.11 Å². The molecule has 3 N–H and O–H groups in total. The Labute approximate surface area is 181 Å². The highest BCUT2D eigenvalue weighted by Gasteiger charge is 2.54. The molecule has 0 radical (unpaired) electrons. The number of nitro groups is 1. The fourth-order valence-corrected chi connectivity index (χ4v) is 4.99. The molecular formula is C19H18N6O6S. The summed E-state index contributed by atoms with van der Waals surface area (Å²) in [5, 5.41) is 33.9. The van der Waals surface area contributed by atoms with Crippen molar-refractivity contribution in [2.24, 2.45) is 0 Å². The van der Waals surface area contributed by atoms with Crippen molar-refractivity contribution in [1.82, 2.24) is 25.3 Å². The highest BCUT2D eigenvalue weighted by Crippen LogP contribution is 2.55. The number of aromatic nitrogens is 4. The number of nitrogens with zero attached hydrogens (tertiary/aromatic N) is 4. The van der Waals surface area contributed by atoms with Crippen molar-refractivity contribution in [2.75, 3.05) is 0 Å². The molecule has 3 aromatic rings. The van der Waals surface area contributed by atoms with Gasteiger partial charge in [0.25, 0.3) is 5.69 Å². The Hall–Kier alpha value is -3.71. The molecule has 1 saturated carbocycles. The molecule has 2 unspecified atom stereocenters. The minimum absolute atomic E-state index is 0.0142. The molecule has 0 amide bonds. The number of benzene rings is 2. The van der Waals surface area contributed by atoms with Gasteiger partial charge >= 0.3 is 5.97 Å². The first-order valence-electron chi connectivity index (χ1n) is 9.54. The second kappa shape index (κ2) is 8.09. The van der Waals surface area contributed by atoms with Crippen LogP contribution >= 0.6 is 0 Å². The molecule has 13 heteroatoms. The number of aromatic amines is 1. The fourth-order valence-electron chi connectivity index (χ4n) is 4.01. The van der Waals surface area contributed by atoms with E-state index in [0.29, 0.717) is 24.0 Å². The van der Waals surface area contributed by atoms with E-state index in [9.17, 15) is 28.4 Å². The van der Waals surface area contributed by atoms with Crippen LogP contribution in [0.5, 0.6) is 0 Å². The molecule has 2 atom stereocenters. The number of carboxylic acids is 1. The first-order chi connectivity index (χ1) is 15.2. The first kappa shape index (κ1) is 21.5. The van der Waals surface area contributed by atoms with Gasteiger partial charge in [0.05, 0.1) is 21.8 Å². The lowest BCUT2D eigenvalue weighted by Gasteiger charge is -2.47. The van der Waals surface area contributed by atoms with Crippen molar-refractivity contribution >= 4 is 21.7 Å². The van der Waals surface area contributed by atoms with Crippen LogP contribution in [0, 0.1) is 10.1 Å². The van der Waals surface area contributed by atoms with Crippen LogP contribution in [0.4, 0.5) is 5.69 Å². The third-order valence-corrected chi connectivity index (χ3v) is 7.22. The Balaban J connectivity index is 1.57. The molecule has 166 valence electrons. The lowest BCUT2D eigenvalue weighted by atomic mass is 9.54. The van der Waals surface area contributed by atoms with Gasteiger partial charge in [0.15, 0.2) is 5.82 Å². The molecule has 1 aliphatic rings. The smallest absolute Gasteiger partial charge is 0.314 e. The van der Waals surface area contributed by atoms with E-state index in [1.807, 2.05) is 0 Å². The Morgan fingerprint density at radius 3 is 2.41 bits per heavy atom. The van der Waals surface area contributed by atoms with Gasteiger partial charge in [-0.3, -0.25) is 14.9 Å². The highest BCUT2D eigenvalue weighted by atomic mass is 32.2. The predicted molar refractivity (Wildman–Crippen MR) is 109 cm³/mol. The summed E-state index contributed by atoms with van der Waals surface area (Å²) in [5.74, 6) is -1.24. The largest absolute Gasteiger partial charge is 0.481 e. The van der Waals surface area contributed by atoms with Crippen LogP contribution in [0.1, 0.15) is 35.7 Å². The lowest BCUT2D eigenvalue weighted by molar-refractivity contribution is -0.384. The standard InChI is InChI=1S/C19H18N6O6S/c26-18(27)19(13-3-5-14(6-4-13)25(28)29)10-9-16(19)12-1-7-15(8-2-12)32(30,31)20-11-17-21-23-24-22-17/h1-8,16,20H,9-11H2,(H,26,27)(H,21,22,23,24). The van der Waals surface area contributed by atoms with E-state index in [4.69, 9.17) is 0 Å². The topological polar surface area (TPSA) is 181 Å². The first-order valence-corrected chi connectivity index (χ1v) is 11.0. The Morgan fingerprint density at radius 1 is 1.22 bits per heavy atom. The van der Waals surface area contributed by atoms with Gasteiger partial charge in [-0.05, 0) is 36.1 Å². The summed E-state index contributed by atoms with van der Waals surface area (Å²) in [6.45, 7) is -0.133. The van der Waals surface area contributed by atoms with E-state index in [-0.39, 0.29) is 23.0 Å². The molecule has 0 spiro atoms. The van der Waals surface area contributed by atoms with Crippen LogP contribution in [0.2, 0.25) is 0 Å². The fraction of sp³-hybridized carbons (Fsp3) is 0.263. The molecule has 0 bridgehead atoms. The van der Waals surface area contributed by atoms with Crippen LogP contribution in [-0.2, 0) is 26.8 Å². The number of carbonyl (C=O) groups is 1. The summed E-state index contributed by atoms with van der Waals surface area (Å²) in [5.41, 5.74) is -0.195. The molecule has 2 aromatic carbocycles.